The van der Waals surface area contributed by atoms with Crippen molar-refractivity contribution in [1.82, 2.24) is 0 Å². The zero-order valence-electron chi connectivity index (χ0n) is 46.8. The van der Waals surface area contributed by atoms with E-state index in [1.165, 1.54) is 4.90 Å². The standard InChI is InChI=1S/C71H62N2O8/c1-40(2)49-32-21-23-43(7)67(49)72(8)69(75)52-36-56(79-46-26-15-10-16-27-46)62-64-58(81-48-30-19-12-20-31-48)38-54-60-53(70(76)73(71(54)77)68-50(41(3)4)33-22-34-51(68)42(5)6)37-57(80-47-28-17-11-18-29-47)63(66(60)64)61-55(78-45-24-13-9-14-25-45)35-44(39-74)59(52)65(61)62/h9,11,13-15,17-19,21-42H,10,12,16,20H2,1-8H3. The van der Waals surface area contributed by atoms with Crippen molar-refractivity contribution < 1.29 is 38.1 Å². The first-order valence-electron chi connectivity index (χ1n) is 28.0. The fraction of sp³-hybridized carbons (Fsp3) is 0.211. The lowest BCUT2D eigenvalue weighted by Gasteiger charge is -2.34. The van der Waals surface area contributed by atoms with E-state index in [4.69, 9.17) is 18.9 Å². The number of aldehydes is 1. The Kier molecular flexibility index (Phi) is 13.6. The molecule has 0 fully saturated rings. The molecule has 0 radical (unpaired) electrons. The van der Waals surface area contributed by atoms with Gasteiger partial charge in [0.25, 0.3) is 17.7 Å². The van der Waals surface area contributed by atoms with Gasteiger partial charge in [-0.25, -0.2) is 4.90 Å². The van der Waals surface area contributed by atoms with Crippen LogP contribution in [0.1, 0.15) is 149 Å². The highest BCUT2D eigenvalue weighted by atomic mass is 16.5. The van der Waals surface area contributed by atoms with E-state index in [-0.39, 0.29) is 68.9 Å². The second kappa shape index (κ2) is 21.1. The number of amides is 3. The molecule has 0 aromatic heterocycles. The molecule has 0 bridgehead atoms. The summed E-state index contributed by atoms with van der Waals surface area (Å²) in [5.41, 5.74) is 5.75. The van der Waals surface area contributed by atoms with Gasteiger partial charge in [-0.2, -0.15) is 0 Å². The molecular formula is C71H62N2O8. The molecule has 0 saturated carbocycles. The summed E-state index contributed by atoms with van der Waals surface area (Å²) < 4.78 is 28.6. The SMILES string of the molecule is Cc1cccc(C(C)C)c1N(C)C(=O)c1cc(OC2=CCCC=C2)c2c3c(OC4=CCCC=C4)cc4c5c(cc(Oc6ccccc6)c(c6c(Oc7ccccc7)cc(C=O)c1c26)c53)C(=O)N(c1c(C(C)C)cccc1C(C)C)C4=O. The number of fused-ring (bicyclic) bond motifs is 2. The van der Waals surface area contributed by atoms with Crippen LogP contribution < -0.4 is 28.7 Å². The summed E-state index contributed by atoms with van der Waals surface area (Å²) in [6.07, 6.45) is 15.8. The van der Waals surface area contributed by atoms with Crippen LogP contribution in [-0.2, 0) is 0 Å². The normalized spacial score (nSPS) is 14.2. The van der Waals surface area contributed by atoms with E-state index in [1.54, 1.807) is 36.2 Å². The number of benzene rings is 9. The van der Waals surface area contributed by atoms with Crippen LogP contribution in [0.15, 0.2) is 169 Å². The number of hydrogen-bond acceptors (Lipinski definition) is 8. The number of carbonyl (C=O) groups excluding carboxylic acids is 4. The van der Waals surface area contributed by atoms with Gasteiger partial charge in [0.15, 0.2) is 6.29 Å². The monoisotopic (exact) mass is 1070 g/mol. The van der Waals surface area contributed by atoms with Gasteiger partial charge in [-0.3, -0.25) is 19.2 Å². The predicted octanol–water partition coefficient (Wildman–Crippen LogP) is 18.1. The maximum absolute atomic E-state index is 16.1. The molecule has 10 nitrogen and oxygen atoms in total. The van der Waals surface area contributed by atoms with Crippen molar-refractivity contribution in [3.8, 4) is 34.5 Å². The van der Waals surface area contributed by atoms with Crippen LogP contribution >= 0.6 is 0 Å². The van der Waals surface area contributed by atoms with Gasteiger partial charge in [0.05, 0.1) is 22.4 Å². The maximum Gasteiger partial charge on any atom is 0.266 e. The van der Waals surface area contributed by atoms with E-state index in [0.29, 0.717) is 84.6 Å². The van der Waals surface area contributed by atoms with Crippen LogP contribution in [0.4, 0.5) is 11.4 Å². The van der Waals surface area contributed by atoms with Crippen molar-refractivity contribution in [1.29, 1.82) is 0 Å². The highest BCUT2D eigenvalue weighted by molar-refractivity contribution is 6.46. The lowest BCUT2D eigenvalue weighted by Crippen LogP contribution is -2.42. The van der Waals surface area contributed by atoms with Crippen LogP contribution in [0.25, 0.3) is 43.1 Å². The van der Waals surface area contributed by atoms with Crippen molar-refractivity contribution in [2.75, 3.05) is 16.8 Å². The number of rotatable bonds is 15. The molecule has 404 valence electrons. The zero-order chi connectivity index (χ0) is 56.4. The van der Waals surface area contributed by atoms with Gasteiger partial charge >= 0.3 is 0 Å². The molecule has 10 heteroatoms. The van der Waals surface area contributed by atoms with Gasteiger partial charge < -0.3 is 23.8 Å². The minimum Gasteiger partial charge on any atom is -0.457 e. The number of hydrogen-bond donors (Lipinski definition) is 0. The smallest absolute Gasteiger partial charge is 0.266 e. The minimum atomic E-state index is -0.521. The molecule has 9 aromatic rings. The van der Waals surface area contributed by atoms with Crippen LogP contribution in [0.2, 0.25) is 0 Å². The number of nitrogens with zero attached hydrogens (tertiary/aromatic N) is 2. The summed E-state index contributed by atoms with van der Waals surface area (Å²) in [5, 5.41) is 3.47. The molecule has 0 unspecified atom stereocenters. The van der Waals surface area contributed by atoms with Gasteiger partial charge in [0.2, 0.25) is 0 Å². The van der Waals surface area contributed by atoms with Crippen molar-refractivity contribution in [3.63, 3.8) is 0 Å². The van der Waals surface area contributed by atoms with E-state index in [1.807, 2.05) is 140 Å². The highest BCUT2D eigenvalue weighted by Gasteiger charge is 2.42. The molecule has 9 aromatic carbocycles. The summed E-state index contributed by atoms with van der Waals surface area (Å²) >= 11 is 0. The van der Waals surface area contributed by atoms with E-state index in [9.17, 15) is 4.79 Å². The topological polar surface area (TPSA) is 112 Å². The van der Waals surface area contributed by atoms with Crippen LogP contribution in [0.3, 0.4) is 0 Å². The van der Waals surface area contributed by atoms with Gasteiger partial charge in [-0.1, -0.05) is 126 Å². The molecular weight excluding hydrogens is 1010 g/mol. The zero-order valence-corrected chi connectivity index (χ0v) is 46.8. The van der Waals surface area contributed by atoms with Crippen molar-refractivity contribution in [3.05, 3.63) is 214 Å². The Balaban J connectivity index is 1.31. The molecule has 1 heterocycles. The highest BCUT2D eigenvalue weighted by Crippen LogP contribution is 2.57. The van der Waals surface area contributed by atoms with E-state index >= 15 is 14.4 Å². The van der Waals surface area contributed by atoms with Gasteiger partial charge in [0.1, 0.15) is 46.0 Å². The quantitative estimate of drug-likeness (QED) is 0.0432. The molecule has 3 aliphatic rings. The van der Waals surface area contributed by atoms with Crippen LogP contribution in [0, 0.1) is 6.92 Å². The van der Waals surface area contributed by atoms with Crippen LogP contribution in [-0.4, -0.2) is 31.1 Å². The summed E-state index contributed by atoms with van der Waals surface area (Å²) in [6.45, 7) is 14.4. The van der Waals surface area contributed by atoms with Crippen molar-refractivity contribution >= 4 is 78.5 Å². The van der Waals surface area contributed by atoms with Crippen LogP contribution in [0.5, 0.6) is 34.5 Å². The second-order valence-corrected chi connectivity index (χ2v) is 22.1. The number of para-hydroxylation sites is 4. The first kappa shape index (κ1) is 52.4. The van der Waals surface area contributed by atoms with Gasteiger partial charge in [-0.05, 0) is 145 Å². The third-order valence-electron chi connectivity index (χ3n) is 15.8. The number of anilines is 2. The summed E-state index contributed by atoms with van der Waals surface area (Å²) in [4.78, 5) is 65.4. The fourth-order valence-corrected chi connectivity index (χ4v) is 12.1. The molecule has 0 N–H and O–H groups in total. The number of allylic oxidation sites excluding steroid dienone is 6. The molecule has 0 atom stereocenters. The van der Waals surface area contributed by atoms with Crippen molar-refractivity contribution in [2.45, 2.75) is 91.9 Å². The maximum atomic E-state index is 16.1. The molecule has 0 spiro atoms. The number of aryl methyl sites for hydroxylation is 1. The number of carbonyl (C=O) groups is 4. The van der Waals surface area contributed by atoms with Gasteiger partial charge in [-0.15, -0.1) is 0 Å². The molecule has 81 heavy (non-hydrogen) atoms. The third-order valence-corrected chi connectivity index (χ3v) is 15.8. The Morgan fingerprint density at radius 1 is 0.519 bits per heavy atom. The van der Waals surface area contributed by atoms with Gasteiger partial charge in [0, 0.05) is 61.4 Å². The molecule has 12 rings (SSSR count). The van der Waals surface area contributed by atoms with E-state index in [2.05, 4.69) is 41.5 Å². The predicted molar refractivity (Wildman–Crippen MR) is 324 cm³/mol. The molecule has 1 aliphatic heterocycles. The average molecular weight is 1070 g/mol. The fourth-order valence-electron chi connectivity index (χ4n) is 12.1. The molecule has 3 amide bonds. The first-order valence-corrected chi connectivity index (χ1v) is 28.0. The lowest BCUT2D eigenvalue weighted by molar-refractivity contribution is 0.0890. The molecule has 0 saturated heterocycles. The van der Waals surface area contributed by atoms with E-state index in [0.717, 1.165) is 47.1 Å². The Labute approximate surface area is 471 Å². The Bertz CT molecular complexity index is 4180. The second-order valence-electron chi connectivity index (χ2n) is 22.1. The Hall–Kier alpha value is -9.28. The summed E-state index contributed by atoms with van der Waals surface area (Å²) in [5.74, 6) is 1.66. The minimum absolute atomic E-state index is 0.0497. The number of imide groups is 1. The summed E-state index contributed by atoms with van der Waals surface area (Å²) in [7, 11) is 1.77. The number of ether oxygens (including phenoxy) is 4. The largest absolute Gasteiger partial charge is 0.457 e. The third kappa shape index (κ3) is 8.99. The Morgan fingerprint density at radius 2 is 0.975 bits per heavy atom. The Morgan fingerprint density at radius 3 is 1.46 bits per heavy atom. The summed E-state index contributed by atoms with van der Waals surface area (Å²) in [6, 6.07) is 37.5. The van der Waals surface area contributed by atoms with E-state index < -0.39 is 11.8 Å². The van der Waals surface area contributed by atoms with Crippen molar-refractivity contribution in [2.24, 2.45) is 0 Å². The average Bonchev–Trinajstić information content (AvgIpc) is 2.41. The molecule has 2 aliphatic carbocycles. The first-order chi connectivity index (χ1) is 39.2. The lowest BCUT2D eigenvalue weighted by atomic mass is 9.81.